The number of carbonyl (C=O) groups is 1. The van der Waals surface area contributed by atoms with E-state index in [1.165, 1.54) is 18.9 Å². The van der Waals surface area contributed by atoms with Crippen LogP contribution in [0, 0.1) is 0 Å². The van der Waals surface area contributed by atoms with Crippen LogP contribution in [0.2, 0.25) is 0 Å². The molecule has 0 saturated carbocycles. The summed E-state index contributed by atoms with van der Waals surface area (Å²) in [5.74, 6) is -0.931. The van der Waals surface area contributed by atoms with Gasteiger partial charge in [0.15, 0.2) is 0 Å². The lowest BCUT2D eigenvalue weighted by Gasteiger charge is -2.28. The zero-order valence-corrected chi connectivity index (χ0v) is 14.0. The second-order valence-corrected chi connectivity index (χ2v) is 6.45. The van der Waals surface area contributed by atoms with Crippen molar-refractivity contribution in [1.82, 2.24) is 4.90 Å². The van der Waals surface area contributed by atoms with Crippen molar-refractivity contribution in [3.8, 4) is 0 Å². The normalized spacial score (nSPS) is 19.3. The predicted octanol–water partition coefficient (Wildman–Crippen LogP) is 3.08. The Labute approximate surface area is 134 Å². The topological polar surface area (TPSA) is 43.8 Å². The summed E-state index contributed by atoms with van der Waals surface area (Å²) in [4.78, 5) is 15.3. The lowest BCUT2D eigenvalue weighted by Crippen LogP contribution is -2.36. The van der Waals surface area contributed by atoms with Crippen LogP contribution in [0.3, 0.4) is 0 Å². The van der Waals surface area contributed by atoms with Crippen LogP contribution in [-0.4, -0.2) is 49.2 Å². The molecule has 5 heteroatoms. The largest absolute Gasteiger partial charge is 0.478 e. The number of hydrogen-bond acceptors (Lipinski definition) is 3. The van der Waals surface area contributed by atoms with Crippen molar-refractivity contribution in [2.24, 2.45) is 0 Å². The average Bonchev–Trinajstić information content (AvgIpc) is 2.82. The van der Waals surface area contributed by atoms with Gasteiger partial charge in [-0.15, -0.1) is 0 Å². The van der Waals surface area contributed by atoms with Crippen LogP contribution in [0.5, 0.6) is 0 Å². The van der Waals surface area contributed by atoms with Gasteiger partial charge in [0.2, 0.25) is 0 Å². The molecule has 1 aliphatic rings. The van der Waals surface area contributed by atoms with Crippen LogP contribution in [0.4, 0.5) is 5.69 Å². The summed E-state index contributed by atoms with van der Waals surface area (Å²) >= 11 is 3.44. The Balaban J connectivity index is 2.19. The highest BCUT2D eigenvalue weighted by Gasteiger charge is 2.22. The first-order valence-corrected chi connectivity index (χ1v) is 7.88. The Morgan fingerprint density at radius 1 is 1.57 bits per heavy atom. The van der Waals surface area contributed by atoms with Gasteiger partial charge in [0, 0.05) is 35.9 Å². The SMILES string of the molecule is CN(CC1CCCN1C)c1ccc(Br)cc1/C=C/C(=O)O. The van der Waals surface area contributed by atoms with E-state index in [0.717, 1.165) is 28.8 Å². The van der Waals surface area contributed by atoms with Crippen LogP contribution in [-0.2, 0) is 4.79 Å². The molecular weight excluding hydrogens is 332 g/mol. The molecule has 0 bridgehead atoms. The molecule has 0 amide bonds. The van der Waals surface area contributed by atoms with Crippen molar-refractivity contribution in [2.75, 3.05) is 32.1 Å². The molecule has 4 nitrogen and oxygen atoms in total. The van der Waals surface area contributed by atoms with E-state index in [2.05, 4.69) is 39.8 Å². The summed E-state index contributed by atoms with van der Waals surface area (Å²) in [6.07, 6.45) is 5.30. The van der Waals surface area contributed by atoms with E-state index in [1.807, 2.05) is 18.2 Å². The predicted molar refractivity (Wildman–Crippen MR) is 89.7 cm³/mol. The van der Waals surface area contributed by atoms with E-state index >= 15 is 0 Å². The molecule has 1 aliphatic heterocycles. The number of carboxylic acid groups (broad SMARTS) is 1. The van der Waals surface area contributed by atoms with Crippen molar-refractivity contribution in [3.63, 3.8) is 0 Å². The molecule has 21 heavy (non-hydrogen) atoms. The smallest absolute Gasteiger partial charge is 0.328 e. The van der Waals surface area contributed by atoms with Gasteiger partial charge >= 0.3 is 5.97 Å². The molecule has 0 spiro atoms. The second kappa shape index (κ2) is 7.09. The number of benzene rings is 1. The number of rotatable bonds is 5. The minimum absolute atomic E-state index is 0.565. The lowest BCUT2D eigenvalue weighted by molar-refractivity contribution is -0.131. The maximum absolute atomic E-state index is 10.7. The fourth-order valence-electron chi connectivity index (χ4n) is 2.79. The van der Waals surface area contributed by atoms with Crippen molar-refractivity contribution >= 4 is 33.7 Å². The van der Waals surface area contributed by atoms with Gasteiger partial charge in [-0.25, -0.2) is 4.79 Å². The molecule has 1 fully saturated rings. The fraction of sp³-hybridized carbons (Fsp3) is 0.438. The van der Waals surface area contributed by atoms with Gasteiger partial charge in [0.1, 0.15) is 0 Å². The van der Waals surface area contributed by atoms with Crippen LogP contribution in [0.15, 0.2) is 28.7 Å². The Kier molecular flexibility index (Phi) is 5.42. The number of nitrogens with zero attached hydrogens (tertiary/aromatic N) is 2. The molecule has 1 aromatic rings. The number of halogens is 1. The van der Waals surface area contributed by atoms with Gasteiger partial charge in [-0.3, -0.25) is 0 Å². The van der Waals surface area contributed by atoms with Crippen molar-refractivity contribution in [2.45, 2.75) is 18.9 Å². The summed E-state index contributed by atoms with van der Waals surface area (Å²) in [5.41, 5.74) is 1.96. The Hall–Kier alpha value is -1.33. The van der Waals surface area contributed by atoms with Gasteiger partial charge < -0.3 is 14.9 Å². The first kappa shape index (κ1) is 16.0. The Morgan fingerprint density at radius 2 is 2.33 bits per heavy atom. The summed E-state index contributed by atoms with van der Waals surface area (Å²) < 4.78 is 0.947. The molecule has 2 rings (SSSR count). The lowest BCUT2D eigenvalue weighted by atomic mass is 10.1. The molecule has 1 saturated heterocycles. The van der Waals surface area contributed by atoms with Gasteiger partial charge in [-0.05, 0) is 56.3 Å². The summed E-state index contributed by atoms with van der Waals surface area (Å²) in [6.45, 7) is 2.11. The second-order valence-electron chi connectivity index (χ2n) is 5.53. The molecule has 1 aromatic carbocycles. The minimum atomic E-state index is -0.931. The zero-order valence-electron chi connectivity index (χ0n) is 12.4. The molecule has 1 heterocycles. The summed E-state index contributed by atoms with van der Waals surface area (Å²) in [5, 5.41) is 8.82. The number of anilines is 1. The van der Waals surface area contributed by atoms with E-state index in [-0.39, 0.29) is 0 Å². The third-order valence-electron chi connectivity index (χ3n) is 3.96. The molecule has 0 aromatic heterocycles. The Bertz CT molecular complexity index is 545. The third kappa shape index (κ3) is 4.32. The van der Waals surface area contributed by atoms with Gasteiger partial charge in [-0.2, -0.15) is 0 Å². The number of carboxylic acids is 1. The zero-order chi connectivity index (χ0) is 15.4. The van der Waals surface area contributed by atoms with Crippen molar-refractivity contribution in [1.29, 1.82) is 0 Å². The standard InChI is InChI=1S/C16H21BrN2O2/c1-18-9-3-4-14(18)11-19(2)15-7-6-13(17)10-12(15)5-8-16(20)21/h5-8,10,14H,3-4,9,11H2,1-2H3,(H,20,21)/b8-5+. The average molecular weight is 353 g/mol. The van der Waals surface area contributed by atoms with E-state index < -0.39 is 5.97 Å². The number of likely N-dealkylation sites (N-methyl/N-ethyl adjacent to an activating group) is 2. The highest BCUT2D eigenvalue weighted by atomic mass is 79.9. The molecule has 0 radical (unpaired) electrons. The molecule has 0 aliphatic carbocycles. The first-order chi connectivity index (χ1) is 9.97. The van der Waals surface area contributed by atoms with Crippen LogP contribution < -0.4 is 4.90 Å². The first-order valence-electron chi connectivity index (χ1n) is 7.09. The van der Waals surface area contributed by atoms with E-state index in [9.17, 15) is 4.79 Å². The molecular formula is C16H21BrN2O2. The monoisotopic (exact) mass is 352 g/mol. The summed E-state index contributed by atoms with van der Waals surface area (Å²) in [6, 6.07) is 6.53. The van der Waals surface area contributed by atoms with Crippen LogP contribution in [0.25, 0.3) is 6.08 Å². The molecule has 1 N–H and O–H groups in total. The van der Waals surface area contributed by atoms with Crippen LogP contribution >= 0.6 is 15.9 Å². The highest BCUT2D eigenvalue weighted by Crippen LogP contribution is 2.27. The number of hydrogen-bond donors (Lipinski definition) is 1. The highest BCUT2D eigenvalue weighted by molar-refractivity contribution is 9.10. The van der Waals surface area contributed by atoms with Crippen molar-refractivity contribution < 1.29 is 9.90 Å². The van der Waals surface area contributed by atoms with Gasteiger partial charge in [-0.1, -0.05) is 15.9 Å². The fourth-order valence-corrected chi connectivity index (χ4v) is 3.17. The van der Waals surface area contributed by atoms with Gasteiger partial charge in [0.05, 0.1) is 0 Å². The molecule has 1 atom stereocenters. The maximum Gasteiger partial charge on any atom is 0.328 e. The van der Waals surface area contributed by atoms with Crippen LogP contribution in [0.1, 0.15) is 18.4 Å². The minimum Gasteiger partial charge on any atom is -0.478 e. The maximum atomic E-state index is 10.7. The Morgan fingerprint density at radius 3 is 2.95 bits per heavy atom. The van der Waals surface area contributed by atoms with Gasteiger partial charge in [0.25, 0.3) is 0 Å². The third-order valence-corrected chi connectivity index (χ3v) is 4.46. The molecule has 114 valence electrons. The van der Waals surface area contributed by atoms with E-state index in [4.69, 9.17) is 5.11 Å². The summed E-state index contributed by atoms with van der Waals surface area (Å²) in [7, 11) is 4.23. The number of likely N-dealkylation sites (tertiary alicyclic amines) is 1. The molecule has 1 unspecified atom stereocenters. The van der Waals surface area contributed by atoms with E-state index in [0.29, 0.717) is 6.04 Å². The quantitative estimate of drug-likeness (QED) is 0.827. The number of aliphatic carboxylic acids is 1. The van der Waals surface area contributed by atoms with Crippen molar-refractivity contribution in [3.05, 3.63) is 34.3 Å². The van der Waals surface area contributed by atoms with E-state index in [1.54, 1.807) is 6.08 Å².